The first-order chi connectivity index (χ1) is 14.3. The molecule has 1 aliphatic heterocycles. The number of rotatable bonds is 5. The Morgan fingerprint density at radius 3 is 2.69 bits per heavy atom. The molecule has 0 aromatic carbocycles. The zero-order chi connectivity index (χ0) is 19.8. The lowest BCUT2D eigenvalue weighted by Crippen LogP contribution is -2.37. The Kier molecular flexibility index (Phi) is 5.22. The van der Waals surface area contributed by atoms with E-state index in [1.807, 2.05) is 0 Å². The fourth-order valence-corrected chi connectivity index (χ4v) is 5.72. The molecular formula is C21H28N6OS. The Morgan fingerprint density at radius 2 is 1.90 bits per heavy atom. The highest BCUT2D eigenvalue weighted by Gasteiger charge is 2.27. The number of hydrogen-bond acceptors (Lipinski definition) is 8. The van der Waals surface area contributed by atoms with Crippen LogP contribution in [0.5, 0.6) is 0 Å². The van der Waals surface area contributed by atoms with Crippen molar-refractivity contribution in [3.63, 3.8) is 0 Å². The highest BCUT2D eigenvalue weighted by atomic mass is 32.1. The van der Waals surface area contributed by atoms with E-state index in [9.17, 15) is 0 Å². The summed E-state index contributed by atoms with van der Waals surface area (Å²) in [6, 6.07) is 0. The van der Waals surface area contributed by atoms with Crippen LogP contribution in [-0.4, -0.2) is 60.3 Å². The Labute approximate surface area is 175 Å². The molecule has 1 aliphatic carbocycles. The van der Waals surface area contributed by atoms with E-state index in [4.69, 9.17) is 9.72 Å². The van der Waals surface area contributed by atoms with Gasteiger partial charge in [0.05, 0.1) is 13.2 Å². The smallest absolute Gasteiger partial charge is 0.172 e. The lowest BCUT2D eigenvalue weighted by atomic mass is 9.90. The van der Waals surface area contributed by atoms with E-state index in [1.165, 1.54) is 35.2 Å². The molecule has 0 atom stereocenters. The van der Waals surface area contributed by atoms with Crippen LogP contribution in [-0.2, 0) is 17.6 Å². The number of morpholine rings is 1. The molecule has 4 heterocycles. The van der Waals surface area contributed by atoms with Crippen molar-refractivity contribution in [2.45, 2.75) is 45.4 Å². The minimum atomic E-state index is 0.780. The van der Waals surface area contributed by atoms with Crippen LogP contribution in [0.2, 0.25) is 0 Å². The van der Waals surface area contributed by atoms with Crippen LogP contribution in [0.3, 0.4) is 0 Å². The average molecular weight is 413 g/mol. The summed E-state index contributed by atoms with van der Waals surface area (Å²) in [4.78, 5) is 10.9. The van der Waals surface area contributed by atoms with E-state index in [0.717, 1.165) is 79.4 Å². The minimum absolute atomic E-state index is 0.780. The summed E-state index contributed by atoms with van der Waals surface area (Å²) in [5.41, 5.74) is 3.85. The molecule has 5 rings (SSSR count). The molecule has 29 heavy (non-hydrogen) atoms. The van der Waals surface area contributed by atoms with Gasteiger partial charge in [-0.2, -0.15) is 0 Å². The van der Waals surface area contributed by atoms with Gasteiger partial charge < -0.3 is 14.5 Å². The fourth-order valence-electron chi connectivity index (χ4n) is 4.54. The minimum Gasteiger partial charge on any atom is -0.378 e. The van der Waals surface area contributed by atoms with Gasteiger partial charge in [-0.25, -0.2) is 4.98 Å². The van der Waals surface area contributed by atoms with Gasteiger partial charge in [0.2, 0.25) is 0 Å². The molecule has 3 aromatic rings. The van der Waals surface area contributed by atoms with Crippen molar-refractivity contribution in [1.29, 1.82) is 0 Å². The van der Waals surface area contributed by atoms with E-state index in [1.54, 1.807) is 11.3 Å². The predicted octanol–water partition coefficient (Wildman–Crippen LogP) is 3.59. The largest absolute Gasteiger partial charge is 0.378 e. The normalized spacial score (nSPS) is 17.1. The maximum atomic E-state index is 5.58. The van der Waals surface area contributed by atoms with Gasteiger partial charge in [0.15, 0.2) is 5.82 Å². The summed E-state index contributed by atoms with van der Waals surface area (Å²) in [7, 11) is 2.10. The number of thiophene rings is 1. The molecule has 1 saturated heterocycles. The second-order valence-corrected chi connectivity index (χ2v) is 9.05. The van der Waals surface area contributed by atoms with Crippen molar-refractivity contribution in [3.05, 3.63) is 11.1 Å². The lowest BCUT2D eigenvalue weighted by molar-refractivity contribution is 0.122. The van der Waals surface area contributed by atoms with Crippen molar-refractivity contribution >= 4 is 43.4 Å². The highest BCUT2D eigenvalue weighted by molar-refractivity contribution is 7.26. The molecule has 0 amide bonds. The van der Waals surface area contributed by atoms with Crippen molar-refractivity contribution in [1.82, 2.24) is 20.4 Å². The van der Waals surface area contributed by atoms with Gasteiger partial charge in [0, 0.05) is 32.1 Å². The van der Waals surface area contributed by atoms with Gasteiger partial charge in [-0.1, -0.05) is 13.3 Å². The molecular weight excluding hydrogens is 384 g/mol. The number of pyridine rings is 1. The summed E-state index contributed by atoms with van der Waals surface area (Å²) in [5.74, 6) is 2.10. The van der Waals surface area contributed by atoms with Crippen LogP contribution >= 0.6 is 11.3 Å². The van der Waals surface area contributed by atoms with Crippen molar-refractivity contribution in [3.8, 4) is 0 Å². The van der Waals surface area contributed by atoms with E-state index in [0.29, 0.717) is 0 Å². The molecule has 8 heteroatoms. The third-order valence-electron chi connectivity index (χ3n) is 6.12. The van der Waals surface area contributed by atoms with Crippen LogP contribution in [0.25, 0.3) is 20.4 Å². The lowest BCUT2D eigenvalue weighted by Gasteiger charge is -2.31. The molecule has 0 spiro atoms. The van der Waals surface area contributed by atoms with Crippen LogP contribution in [0.4, 0.5) is 11.6 Å². The van der Waals surface area contributed by atoms with E-state index >= 15 is 0 Å². The highest BCUT2D eigenvalue weighted by Crippen LogP contribution is 2.43. The molecule has 2 aliphatic rings. The fraction of sp³-hybridized carbons (Fsp3) is 0.619. The van der Waals surface area contributed by atoms with Crippen LogP contribution in [0.15, 0.2) is 0 Å². The third kappa shape index (κ3) is 3.32. The SMILES string of the molecule is CCCCN(C)c1nnnc2c1sc1nc(N3CCOCC3)c3c(c12)CCCC3. The summed E-state index contributed by atoms with van der Waals surface area (Å²) in [6.45, 7) is 6.59. The molecule has 1 fully saturated rings. The maximum Gasteiger partial charge on any atom is 0.172 e. The zero-order valence-corrected chi connectivity index (χ0v) is 18.1. The molecule has 7 nitrogen and oxygen atoms in total. The van der Waals surface area contributed by atoms with E-state index in [-0.39, 0.29) is 0 Å². The molecule has 0 unspecified atom stereocenters. The predicted molar refractivity (Wildman–Crippen MR) is 118 cm³/mol. The molecule has 3 aromatic heterocycles. The first-order valence-electron chi connectivity index (χ1n) is 10.8. The Morgan fingerprint density at radius 1 is 1.10 bits per heavy atom. The molecule has 0 saturated carbocycles. The second-order valence-electron chi connectivity index (χ2n) is 8.05. The number of fused-ring (bicyclic) bond motifs is 5. The summed E-state index contributed by atoms with van der Waals surface area (Å²) in [5, 5.41) is 14.2. The molecule has 154 valence electrons. The number of ether oxygens (including phenoxy) is 1. The Balaban J connectivity index is 1.70. The standard InChI is InChI=1S/C21H28N6OS/c1-3-4-9-26(2)20-18-17(23-25-24-20)16-14-7-5-6-8-15(14)19(22-21(16)29-18)27-10-12-28-13-11-27/h3-13H2,1-2H3. The van der Waals surface area contributed by atoms with Crippen molar-refractivity contribution in [2.75, 3.05) is 49.7 Å². The number of anilines is 2. The van der Waals surface area contributed by atoms with Gasteiger partial charge in [0.25, 0.3) is 0 Å². The van der Waals surface area contributed by atoms with Crippen molar-refractivity contribution < 1.29 is 4.74 Å². The van der Waals surface area contributed by atoms with Crippen LogP contribution in [0, 0.1) is 0 Å². The van der Waals surface area contributed by atoms with Gasteiger partial charge in [-0.15, -0.1) is 21.5 Å². The van der Waals surface area contributed by atoms with Gasteiger partial charge in [-0.05, 0) is 48.4 Å². The number of aromatic nitrogens is 4. The Bertz CT molecular complexity index is 1030. The van der Waals surface area contributed by atoms with E-state index in [2.05, 4.69) is 39.2 Å². The summed E-state index contributed by atoms with van der Waals surface area (Å²) < 4.78 is 6.69. The zero-order valence-electron chi connectivity index (χ0n) is 17.3. The molecule has 0 N–H and O–H groups in total. The number of hydrogen-bond donors (Lipinski definition) is 0. The topological polar surface area (TPSA) is 67.3 Å². The van der Waals surface area contributed by atoms with Crippen LogP contribution in [0.1, 0.15) is 43.7 Å². The van der Waals surface area contributed by atoms with Gasteiger partial charge in [-0.3, -0.25) is 0 Å². The number of nitrogens with zero attached hydrogens (tertiary/aromatic N) is 6. The van der Waals surface area contributed by atoms with Crippen molar-refractivity contribution in [2.24, 2.45) is 0 Å². The maximum absolute atomic E-state index is 5.58. The Hall–Kier alpha value is -2.06. The quantitative estimate of drug-likeness (QED) is 0.634. The molecule has 0 bridgehead atoms. The first kappa shape index (κ1) is 18.9. The monoisotopic (exact) mass is 412 g/mol. The van der Waals surface area contributed by atoms with Crippen LogP contribution < -0.4 is 9.80 Å². The summed E-state index contributed by atoms with van der Waals surface area (Å²) >= 11 is 1.73. The number of unbranched alkanes of at least 4 members (excludes halogenated alkanes) is 1. The third-order valence-corrected chi connectivity index (χ3v) is 7.19. The second kappa shape index (κ2) is 7.99. The van der Waals surface area contributed by atoms with E-state index < -0.39 is 0 Å². The number of aryl methyl sites for hydroxylation is 1. The first-order valence-corrected chi connectivity index (χ1v) is 11.6. The average Bonchev–Trinajstić information content (AvgIpc) is 3.16. The van der Waals surface area contributed by atoms with Gasteiger partial charge in [0.1, 0.15) is 20.9 Å². The molecule has 0 radical (unpaired) electrons. The van der Waals surface area contributed by atoms with Gasteiger partial charge >= 0.3 is 0 Å². The summed E-state index contributed by atoms with van der Waals surface area (Å²) in [6.07, 6.45) is 6.97.